The van der Waals surface area contributed by atoms with Gasteiger partial charge in [0.2, 0.25) is 0 Å². The van der Waals surface area contributed by atoms with Gasteiger partial charge < -0.3 is 15.2 Å². The van der Waals surface area contributed by atoms with Crippen molar-refractivity contribution in [1.82, 2.24) is 4.98 Å². The van der Waals surface area contributed by atoms with E-state index in [1.807, 2.05) is 30.3 Å². The van der Waals surface area contributed by atoms with E-state index in [0.29, 0.717) is 27.9 Å². The van der Waals surface area contributed by atoms with Crippen molar-refractivity contribution in [3.8, 4) is 17.0 Å². The van der Waals surface area contributed by atoms with Crippen LogP contribution in [0.15, 0.2) is 54.6 Å². The van der Waals surface area contributed by atoms with Crippen LogP contribution in [0.2, 0.25) is 0 Å². The van der Waals surface area contributed by atoms with Gasteiger partial charge in [-0.25, -0.2) is 9.78 Å². The summed E-state index contributed by atoms with van der Waals surface area (Å²) in [4.78, 5) is 28.5. The summed E-state index contributed by atoms with van der Waals surface area (Å²) >= 11 is 0. The third-order valence-electron chi connectivity index (χ3n) is 3.99. The van der Waals surface area contributed by atoms with E-state index in [-0.39, 0.29) is 0 Å². The molecule has 2 N–H and O–H groups in total. The van der Waals surface area contributed by atoms with Gasteiger partial charge in [0.15, 0.2) is 6.10 Å². The lowest BCUT2D eigenvalue weighted by molar-refractivity contribution is -0.125. The van der Waals surface area contributed by atoms with Crippen LogP contribution in [0.25, 0.3) is 22.2 Å². The highest BCUT2D eigenvalue weighted by Crippen LogP contribution is 2.28. The van der Waals surface area contributed by atoms with Crippen molar-refractivity contribution < 1.29 is 19.1 Å². The van der Waals surface area contributed by atoms with Crippen LogP contribution in [0.3, 0.4) is 0 Å². The second kappa shape index (κ2) is 7.23. The summed E-state index contributed by atoms with van der Waals surface area (Å²) in [6.45, 7) is 1.43. The smallest absolute Gasteiger partial charge is 0.339 e. The standard InChI is InChI=1S/C20H18N2O4/c1-12(19(21)23)26-20(24)16-11-18(13-6-4-3-5-7-13)22-17-9-8-14(25-2)10-15(16)17/h3-12H,1-2H3,(H2,21,23)/t12-/m0/s1. The number of primary amides is 1. The maximum atomic E-state index is 12.7. The molecule has 0 fully saturated rings. The van der Waals surface area contributed by atoms with Gasteiger partial charge in [-0.2, -0.15) is 0 Å². The van der Waals surface area contributed by atoms with Gasteiger partial charge in [0.1, 0.15) is 5.75 Å². The van der Waals surface area contributed by atoms with Gasteiger partial charge >= 0.3 is 5.97 Å². The van der Waals surface area contributed by atoms with Gasteiger partial charge in [0.05, 0.1) is 23.9 Å². The number of esters is 1. The van der Waals surface area contributed by atoms with Gasteiger partial charge in [0.25, 0.3) is 5.91 Å². The first-order chi connectivity index (χ1) is 12.5. The highest BCUT2D eigenvalue weighted by molar-refractivity contribution is 6.05. The summed E-state index contributed by atoms with van der Waals surface area (Å²) in [5.74, 6) is -0.768. The number of nitrogens with zero attached hydrogens (tertiary/aromatic N) is 1. The molecule has 0 saturated heterocycles. The maximum Gasteiger partial charge on any atom is 0.339 e. The Morgan fingerprint density at radius 2 is 1.81 bits per heavy atom. The summed E-state index contributed by atoms with van der Waals surface area (Å²) in [6.07, 6.45) is -1.03. The predicted molar refractivity (Wildman–Crippen MR) is 97.8 cm³/mol. The van der Waals surface area contributed by atoms with Gasteiger partial charge in [-0.3, -0.25) is 4.79 Å². The first-order valence-corrected chi connectivity index (χ1v) is 8.04. The number of hydrogen-bond acceptors (Lipinski definition) is 5. The zero-order chi connectivity index (χ0) is 18.7. The van der Waals surface area contributed by atoms with E-state index in [1.165, 1.54) is 6.92 Å². The second-order valence-corrected chi connectivity index (χ2v) is 5.75. The number of ether oxygens (including phenoxy) is 2. The monoisotopic (exact) mass is 350 g/mol. The van der Waals surface area contributed by atoms with E-state index in [4.69, 9.17) is 15.2 Å². The molecule has 0 bridgehead atoms. The lowest BCUT2D eigenvalue weighted by Gasteiger charge is -2.13. The van der Waals surface area contributed by atoms with Crippen LogP contribution < -0.4 is 10.5 Å². The molecule has 3 aromatic rings. The molecule has 0 aliphatic rings. The van der Waals surface area contributed by atoms with Gasteiger partial charge in [-0.15, -0.1) is 0 Å². The minimum absolute atomic E-state index is 0.292. The van der Waals surface area contributed by atoms with Crippen LogP contribution in [0.5, 0.6) is 5.75 Å². The number of rotatable bonds is 5. The fourth-order valence-electron chi connectivity index (χ4n) is 2.54. The fourth-order valence-corrected chi connectivity index (χ4v) is 2.54. The predicted octanol–water partition coefficient (Wildman–Crippen LogP) is 2.94. The van der Waals surface area contributed by atoms with Crippen molar-refractivity contribution in [2.24, 2.45) is 5.73 Å². The van der Waals surface area contributed by atoms with Crippen molar-refractivity contribution in [3.05, 3.63) is 60.2 Å². The van der Waals surface area contributed by atoms with E-state index in [0.717, 1.165) is 5.56 Å². The first-order valence-electron chi connectivity index (χ1n) is 8.04. The van der Waals surface area contributed by atoms with Crippen LogP contribution >= 0.6 is 0 Å². The van der Waals surface area contributed by atoms with E-state index < -0.39 is 18.0 Å². The number of benzene rings is 2. The normalized spacial score (nSPS) is 11.8. The van der Waals surface area contributed by atoms with Crippen molar-refractivity contribution in [1.29, 1.82) is 0 Å². The van der Waals surface area contributed by atoms with E-state index in [9.17, 15) is 9.59 Å². The van der Waals surface area contributed by atoms with Crippen LogP contribution in [-0.2, 0) is 9.53 Å². The molecule has 132 valence electrons. The molecular formula is C20H18N2O4. The number of carbonyl (C=O) groups is 2. The average molecular weight is 350 g/mol. The molecule has 2 aromatic carbocycles. The Hall–Kier alpha value is -3.41. The van der Waals surface area contributed by atoms with E-state index in [2.05, 4.69) is 4.98 Å². The van der Waals surface area contributed by atoms with Crippen LogP contribution in [0, 0.1) is 0 Å². The molecule has 6 nitrogen and oxygen atoms in total. The number of pyridine rings is 1. The summed E-state index contributed by atoms with van der Waals surface area (Å²) in [5, 5.41) is 0.575. The van der Waals surface area contributed by atoms with Crippen LogP contribution in [0.4, 0.5) is 0 Å². The number of methoxy groups -OCH3 is 1. The Bertz CT molecular complexity index is 970. The molecular weight excluding hydrogens is 332 g/mol. The molecule has 3 rings (SSSR count). The average Bonchev–Trinajstić information content (AvgIpc) is 2.67. The molecule has 0 unspecified atom stereocenters. The number of aromatic nitrogens is 1. The Morgan fingerprint density at radius 3 is 2.46 bits per heavy atom. The molecule has 6 heteroatoms. The molecule has 1 amide bonds. The third kappa shape index (κ3) is 3.49. The molecule has 0 radical (unpaired) electrons. The Morgan fingerprint density at radius 1 is 1.08 bits per heavy atom. The molecule has 1 aromatic heterocycles. The molecule has 26 heavy (non-hydrogen) atoms. The lowest BCUT2D eigenvalue weighted by Crippen LogP contribution is -2.30. The zero-order valence-electron chi connectivity index (χ0n) is 14.4. The van der Waals surface area contributed by atoms with Crippen molar-refractivity contribution in [2.75, 3.05) is 7.11 Å². The maximum absolute atomic E-state index is 12.7. The molecule has 0 spiro atoms. The molecule has 1 heterocycles. The van der Waals surface area contributed by atoms with Gasteiger partial charge in [-0.05, 0) is 31.2 Å². The topological polar surface area (TPSA) is 91.5 Å². The summed E-state index contributed by atoms with van der Waals surface area (Å²) in [5.41, 5.74) is 7.59. The molecule has 1 atom stereocenters. The molecule has 0 saturated carbocycles. The van der Waals surface area contributed by atoms with Crippen LogP contribution in [-0.4, -0.2) is 30.1 Å². The minimum Gasteiger partial charge on any atom is -0.497 e. The first kappa shape index (κ1) is 17.4. The Balaban J connectivity index is 2.16. The number of fused-ring (bicyclic) bond motifs is 1. The molecule has 0 aliphatic carbocycles. The fraction of sp³-hybridized carbons (Fsp3) is 0.150. The zero-order valence-corrected chi connectivity index (χ0v) is 14.4. The third-order valence-corrected chi connectivity index (χ3v) is 3.99. The van der Waals surface area contributed by atoms with Crippen molar-refractivity contribution in [2.45, 2.75) is 13.0 Å². The van der Waals surface area contributed by atoms with Crippen molar-refractivity contribution in [3.63, 3.8) is 0 Å². The highest BCUT2D eigenvalue weighted by atomic mass is 16.5. The second-order valence-electron chi connectivity index (χ2n) is 5.75. The minimum atomic E-state index is -1.03. The van der Waals surface area contributed by atoms with Crippen molar-refractivity contribution >= 4 is 22.8 Å². The van der Waals surface area contributed by atoms with Gasteiger partial charge in [0, 0.05) is 10.9 Å². The quantitative estimate of drug-likeness (QED) is 0.714. The summed E-state index contributed by atoms with van der Waals surface area (Å²) in [6, 6.07) is 16.4. The number of amides is 1. The Labute approximate surface area is 150 Å². The molecule has 0 aliphatic heterocycles. The lowest BCUT2D eigenvalue weighted by atomic mass is 10.0. The summed E-state index contributed by atoms with van der Waals surface area (Å²) in [7, 11) is 1.54. The van der Waals surface area contributed by atoms with Gasteiger partial charge in [-0.1, -0.05) is 30.3 Å². The number of hydrogen-bond donors (Lipinski definition) is 1. The number of nitrogens with two attached hydrogens (primary N) is 1. The number of carbonyl (C=O) groups excluding carboxylic acids is 2. The van der Waals surface area contributed by atoms with Crippen LogP contribution in [0.1, 0.15) is 17.3 Å². The SMILES string of the molecule is COc1ccc2nc(-c3ccccc3)cc(C(=O)O[C@@H](C)C(N)=O)c2c1. The summed E-state index contributed by atoms with van der Waals surface area (Å²) < 4.78 is 10.4. The van der Waals surface area contributed by atoms with E-state index in [1.54, 1.807) is 31.4 Å². The largest absolute Gasteiger partial charge is 0.497 e. The Kier molecular flexibility index (Phi) is 4.84. The van der Waals surface area contributed by atoms with E-state index >= 15 is 0 Å². The highest BCUT2D eigenvalue weighted by Gasteiger charge is 2.20.